The van der Waals surface area contributed by atoms with Crippen molar-refractivity contribution in [3.05, 3.63) is 12.2 Å². The van der Waals surface area contributed by atoms with E-state index in [-0.39, 0.29) is 12.0 Å². The number of carbonyl (C=O) groups excluding carboxylic acids is 3. The monoisotopic (exact) mass is 432 g/mol. The van der Waals surface area contributed by atoms with Crippen molar-refractivity contribution in [2.75, 3.05) is 0 Å². The molecule has 1 saturated heterocycles. The standard InChI is InChI=1S/C17H18F6O6/c1-6(2)11(24)27-10-8-5-7(9(10)28-14(26)15(8,3)4)12(25)29-13(16(18,19)20)17(21,22)23/h7-10,13H,1,5H2,2-4H3. The van der Waals surface area contributed by atoms with Gasteiger partial charge in [-0.25, -0.2) is 4.79 Å². The molecule has 6 nitrogen and oxygen atoms in total. The molecule has 0 spiro atoms. The van der Waals surface area contributed by atoms with Gasteiger partial charge in [-0.15, -0.1) is 0 Å². The van der Waals surface area contributed by atoms with Gasteiger partial charge in [-0.2, -0.15) is 26.3 Å². The lowest BCUT2D eigenvalue weighted by Crippen LogP contribution is -2.52. The maximum absolute atomic E-state index is 12.7. The van der Waals surface area contributed by atoms with Crippen LogP contribution < -0.4 is 0 Å². The highest BCUT2D eigenvalue weighted by molar-refractivity contribution is 5.88. The summed E-state index contributed by atoms with van der Waals surface area (Å²) in [6.07, 6.45) is -19.3. The van der Waals surface area contributed by atoms with Crippen LogP contribution in [0.2, 0.25) is 0 Å². The molecule has 1 aliphatic carbocycles. The number of carbonyl (C=O) groups is 3. The summed E-state index contributed by atoms with van der Waals surface area (Å²) >= 11 is 0. The zero-order chi connectivity index (χ0) is 22.5. The zero-order valence-corrected chi connectivity index (χ0v) is 15.5. The number of hydrogen-bond acceptors (Lipinski definition) is 6. The van der Waals surface area contributed by atoms with Gasteiger partial charge in [-0.3, -0.25) is 9.59 Å². The molecule has 4 atom stereocenters. The van der Waals surface area contributed by atoms with Crippen LogP contribution in [0.5, 0.6) is 0 Å². The molecule has 2 aliphatic rings. The molecular formula is C17H18F6O6. The number of alkyl halides is 6. The Morgan fingerprint density at radius 1 is 1.17 bits per heavy atom. The van der Waals surface area contributed by atoms with Crippen LogP contribution in [0.1, 0.15) is 27.2 Å². The van der Waals surface area contributed by atoms with Gasteiger partial charge in [0.2, 0.25) is 0 Å². The SMILES string of the molecule is C=C(C)C(=O)OC1C2OC(=O)C(C)(C)C1CC2C(=O)OC(C(F)(F)F)C(F)(F)F. The van der Waals surface area contributed by atoms with Crippen molar-refractivity contribution < 1.29 is 54.9 Å². The Kier molecular flexibility index (Phi) is 5.72. The average molecular weight is 432 g/mol. The highest BCUT2D eigenvalue weighted by Gasteiger charge is 2.65. The fourth-order valence-corrected chi connectivity index (χ4v) is 3.41. The second-order valence-corrected chi connectivity index (χ2v) is 7.59. The third kappa shape index (κ3) is 4.35. The summed E-state index contributed by atoms with van der Waals surface area (Å²) in [6.45, 7) is 7.48. The molecule has 2 bridgehead atoms. The van der Waals surface area contributed by atoms with E-state index in [0.29, 0.717) is 0 Å². The first-order valence-electron chi connectivity index (χ1n) is 8.39. The molecule has 0 radical (unpaired) electrons. The summed E-state index contributed by atoms with van der Waals surface area (Å²) < 4.78 is 90.1. The number of ether oxygens (including phenoxy) is 3. The van der Waals surface area contributed by atoms with Gasteiger partial charge in [0.15, 0.2) is 6.10 Å². The summed E-state index contributed by atoms with van der Waals surface area (Å²) in [5, 5.41) is 0. The second-order valence-electron chi connectivity index (χ2n) is 7.59. The second kappa shape index (κ2) is 7.21. The predicted molar refractivity (Wildman–Crippen MR) is 81.9 cm³/mol. The van der Waals surface area contributed by atoms with Crippen LogP contribution >= 0.6 is 0 Å². The molecule has 0 amide bonds. The molecule has 1 aliphatic heterocycles. The maximum atomic E-state index is 12.7. The minimum absolute atomic E-state index is 0.0348. The van der Waals surface area contributed by atoms with Crippen LogP contribution in [0.15, 0.2) is 12.2 Å². The summed E-state index contributed by atoms with van der Waals surface area (Å²) in [7, 11) is 0. The molecule has 164 valence electrons. The van der Waals surface area contributed by atoms with Crippen molar-refractivity contribution in [1.82, 2.24) is 0 Å². The van der Waals surface area contributed by atoms with E-state index >= 15 is 0 Å². The number of esters is 3. The van der Waals surface area contributed by atoms with Crippen molar-refractivity contribution in [2.24, 2.45) is 17.3 Å². The number of rotatable bonds is 4. The highest BCUT2D eigenvalue weighted by Crippen LogP contribution is 2.51. The Hall–Kier alpha value is -2.27. The van der Waals surface area contributed by atoms with Crippen LogP contribution in [0.3, 0.4) is 0 Å². The van der Waals surface area contributed by atoms with E-state index in [9.17, 15) is 40.7 Å². The summed E-state index contributed by atoms with van der Waals surface area (Å²) in [5.41, 5.74) is -1.34. The van der Waals surface area contributed by atoms with Crippen LogP contribution in [-0.4, -0.2) is 48.6 Å². The Balaban J connectivity index is 2.32. The van der Waals surface area contributed by atoms with Crippen LogP contribution in [0.4, 0.5) is 26.3 Å². The molecule has 4 unspecified atom stereocenters. The lowest BCUT2D eigenvalue weighted by Gasteiger charge is -2.39. The van der Waals surface area contributed by atoms with Gasteiger partial charge in [-0.05, 0) is 27.2 Å². The molecule has 0 N–H and O–H groups in total. The maximum Gasteiger partial charge on any atom is 0.434 e. The van der Waals surface area contributed by atoms with Gasteiger partial charge in [0.05, 0.1) is 11.3 Å². The van der Waals surface area contributed by atoms with Gasteiger partial charge in [0.1, 0.15) is 6.10 Å². The molecule has 1 heterocycles. The fourth-order valence-electron chi connectivity index (χ4n) is 3.41. The van der Waals surface area contributed by atoms with Crippen LogP contribution in [-0.2, 0) is 28.6 Å². The Morgan fingerprint density at radius 2 is 1.69 bits per heavy atom. The normalized spacial score (nSPS) is 28.7. The zero-order valence-electron chi connectivity index (χ0n) is 15.5. The first-order valence-corrected chi connectivity index (χ1v) is 8.39. The van der Waals surface area contributed by atoms with E-state index in [1.165, 1.54) is 20.8 Å². The first-order chi connectivity index (χ1) is 13.0. The average Bonchev–Trinajstić information content (AvgIpc) is 2.83. The van der Waals surface area contributed by atoms with Gasteiger partial charge in [0, 0.05) is 11.5 Å². The minimum Gasteiger partial charge on any atom is -0.457 e. The topological polar surface area (TPSA) is 78.9 Å². The smallest absolute Gasteiger partial charge is 0.434 e. The van der Waals surface area contributed by atoms with Crippen LogP contribution in [0.25, 0.3) is 0 Å². The molecular weight excluding hydrogens is 414 g/mol. The van der Waals surface area contributed by atoms with Gasteiger partial charge < -0.3 is 14.2 Å². The third-order valence-corrected chi connectivity index (χ3v) is 5.04. The predicted octanol–water partition coefficient (Wildman–Crippen LogP) is 3.10. The third-order valence-electron chi connectivity index (χ3n) is 5.04. The van der Waals surface area contributed by atoms with E-state index in [2.05, 4.69) is 11.3 Å². The largest absolute Gasteiger partial charge is 0.457 e. The molecule has 2 fully saturated rings. The Bertz CT molecular complexity index is 711. The summed E-state index contributed by atoms with van der Waals surface area (Å²) in [5.74, 6) is -6.13. The lowest BCUT2D eigenvalue weighted by molar-refractivity contribution is -0.314. The number of hydrogen-bond donors (Lipinski definition) is 0. The van der Waals surface area contributed by atoms with E-state index in [0.717, 1.165) is 0 Å². The van der Waals surface area contributed by atoms with Crippen molar-refractivity contribution in [3.8, 4) is 0 Å². The Morgan fingerprint density at radius 3 is 2.14 bits per heavy atom. The molecule has 0 aromatic heterocycles. The molecule has 12 heteroatoms. The van der Waals surface area contributed by atoms with Crippen LogP contribution in [0, 0.1) is 17.3 Å². The minimum atomic E-state index is -5.89. The van der Waals surface area contributed by atoms with Gasteiger partial charge in [-0.1, -0.05) is 6.58 Å². The highest BCUT2D eigenvalue weighted by atomic mass is 19.4. The lowest BCUT2D eigenvalue weighted by atomic mass is 9.75. The van der Waals surface area contributed by atoms with Crippen molar-refractivity contribution in [3.63, 3.8) is 0 Å². The van der Waals surface area contributed by atoms with Gasteiger partial charge in [0.25, 0.3) is 6.10 Å². The summed E-state index contributed by atoms with van der Waals surface area (Å²) in [4.78, 5) is 36.2. The van der Waals surface area contributed by atoms with Crippen molar-refractivity contribution >= 4 is 17.9 Å². The van der Waals surface area contributed by atoms with Gasteiger partial charge >= 0.3 is 30.3 Å². The van der Waals surface area contributed by atoms with E-state index in [4.69, 9.17) is 9.47 Å². The quantitative estimate of drug-likeness (QED) is 0.294. The molecule has 1 saturated carbocycles. The Labute approximate surface area is 161 Å². The van der Waals surface area contributed by atoms with E-state index in [1.807, 2.05) is 0 Å². The van der Waals surface area contributed by atoms with E-state index < -0.39 is 65.8 Å². The number of halogens is 6. The first kappa shape index (κ1) is 23.0. The van der Waals surface area contributed by atoms with E-state index in [1.54, 1.807) is 0 Å². The summed E-state index contributed by atoms with van der Waals surface area (Å²) in [6, 6.07) is 0. The van der Waals surface area contributed by atoms with Crippen molar-refractivity contribution in [1.29, 1.82) is 0 Å². The van der Waals surface area contributed by atoms with Crippen molar-refractivity contribution in [2.45, 2.75) is 57.9 Å². The molecule has 0 aromatic carbocycles. The fraction of sp³-hybridized carbons (Fsp3) is 0.706. The molecule has 0 aromatic rings. The number of fused-ring (bicyclic) bond motifs is 2. The molecule has 29 heavy (non-hydrogen) atoms. The molecule has 2 rings (SSSR count).